The third-order valence-electron chi connectivity index (χ3n) is 3.99. The SMILES string of the molecule is CC(C)N(C(=O)[C@H](C)N)C1CCC(N(C)C)CC1. The maximum absolute atomic E-state index is 12.2. The molecule has 0 aliphatic heterocycles. The molecule has 18 heavy (non-hydrogen) atoms. The minimum atomic E-state index is -0.390. The molecule has 1 amide bonds. The van der Waals surface area contributed by atoms with Crippen LogP contribution < -0.4 is 5.73 Å². The highest BCUT2D eigenvalue weighted by Gasteiger charge is 2.31. The number of nitrogens with two attached hydrogens (primary N) is 1. The molecule has 0 unspecified atom stereocenters. The molecule has 0 radical (unpaired) electrons. The first-order valence-electron chi connectivity index (χ1n) is 7.08. The molecule has 4 nitrogen and oxygen atoms in total. The third kappa shape index (κ3) is 3.69. The molecule has 0 saturated heterocycles. The summed E-state index contributed by atoms with van der Waals surface area (Å²) in [7, 11) is 4.27. The Morgan fingerprint density at radius 1 is 1.06 bits per heavy atom. The van der Waals surface area contributed by atoms with Gasteiger partial charge in [0.15, 0.2) is 0 Å². The maximum atomic E-state index is 12.2. The minimum Gasteiger partial charge on any atom is -0.336 e. The first kappa shape index (κ1) is 15.4. The van der Waals surface area contributed by atoms with Crippen molar-refractivity contribution in [2.45, 2.75) is 70.6 Å². The van der Waals surface area contributed by atoms with E-state index in [0.717, 1.165) is 12.8 Å². The largest absolute Gasteiger partial charge is 0.336 e. The van der Waals surface area contributed by atoms with Crippen LogP contribution in [-0.2, 0) is 4.79 Å². The Kier molecular flexibility index (Phi) is 5.60. The Labute approximate surface area is 111 Å². The molecule has 2 N–H and O–H groups in total. The van der Waals surface area contributed by atoms with Gasteiger partial charge in [-0.2, -0.15) is 0 Å². The number of carbonyl (C=O) groups is 1. The van der Waals surface area contributed by atoms with E-state index < -0.39 is 0 Å². The van der Waals surface area contributed by atoms with E-state index in [0.29, 0.717) is 12.1 Å². The topological polar surface area (TPSA) is 49.6 Å². The normalized spacial score (nSPS) is 26.4. The van der Waals surface area contributed by atoms with Gasteiger partial charge < -0.3 is 15.5 Å². The molecule has 1 atom stereocenters. The highest BCUT2D eigenvalue weighted by atomic mass is 16.2. The zero-order valence-corrected chi connectivity index (χ0v) is 12.5. The van der Waals surface area contributed by atoms with Crippen LogP contribution in [0.4, 0.5) is 0 Å². The second kappa shape index (κ2) is 6.53. The fourth-order valence-electron chi connectivity index (χ4n) is 2.94. The Bertz CT molecular complexity index is 268. The van der Waals surface area contributed by atoms with Crippen molar-refractivity contribution in [1.82, 2.24) is 9.80 Å². The second-order valence-electron chi connectivity index (χ2n) is 6.05. The molecule has 0 aromatic carbocycles. The van der Waals surface area contributed by atoms with Crippen LogP contribution in [0, 0.1) is 0 Å². The average Bonchev–Trinajstić information content (AvgIpc) is 2.29. The number of amides is 1. The molecule has 106 valence electrons. The highest BCUT2D eigenvalue weighted by Crippen LogP contribution is 2.27. The number of rotatable bonds is 4. The van der Waals surface area contributed by atoms with Gasteiger partial charge in [0, 0.05) is 18.1 Å². The van der Waals surface area contributed by atoms with Crippen molar-refractivity contribution in [3.63, 3.8) is 0 Å². The fraction of sp³-hybridized carbons (Fsp3) is 0.929. The van der Waals surface area contributed by atoms with Gasteiger partial charge in [-0.15, -0.1) is 0 Å². The predicted octanol–water partition coefficient (Wildman–Crippen LogP) is 1.44. The van der Waals surface area contributed by atoms with Crippen molar-refractivity contribution in [2.75, 3.05) is 14.1 Å². The van der Waals surface area contributed by atoms with Gasteiger partial charge in [-0.05, 0) is 60.5 Å². The molecule has 1 rings (SSSR count). The van der Waals surface area contributed by atoms with Crippen LogP contribution in [-0.4, -0.2) is 54.0 Å². The summed E-state index contributed by atoms with van der Waals surface area (Å²) in [5.74, 6) is 0.0957. The molecule has 0 aromatic rings. The molecular formula is C14H29N3O. The standard InChI is InChI=1S/C14H29N3O/c1-10(2)17(14(18)11(3)15)13-8-6-12(7-9-13)16(4)5/h10-13H,6-9,15H2,1-5H3/t11-,12?,13?/m0/s1. The number of hydrogen-bond acceptors (Lipinski definition) is 3. The summed E-state index contributed by atoms with van der Waals surface area (Å²) in [5, 5.41) is 0. The van der Waals surface area contributed by atoms with Crippen LogP contribution >= 0.6 is 0 Å². The predicted molar refractivity (Wildman–Crippen MR) is 75.4 cm³/mol. The lowest BCUT2D eigenvalue weighted by molar-refractivity contribution is -0.137. The Balaban J connectivity index is 2.64. The van der Waals surface area contributed by atoms with E-state index in [1.54, 1.807) is 6.92 Å². The van der Waals surface area contributed by atoms with E-state index in [9.17, 15) is 4.79 Å². The lowest BCUT2D eigenvalue weighted by Gasteiger charge is -2.41. The number of hydrogen-bond donors (Lipinski definition) is 1. The van der Waals surface area contributed by atoms with Gasteiger partial charge in [-0.25, -0.2) is 0 Å². The van der Waals surface area contributed by atoms with Crippen molar-refractivity contribution >= 4 is 5.91 Å². The zero-order valence-electron chi connectivity index (χ0n) is 12.5. The van der Waals surface area contributed by atoms with Gasteiger partial charge in [-0.3, -0.25) is 4.79 Å². The molecule has 0 heterocycles. The Morgan fingerprint density at radius 2 is 1.50 bits per heavy atom. The molecule has 1 fully saturated rings. The maximum Gasteiger partial charge on any atom is 0.239 e. The van der Waals surface area contributed by atoms with E-state index in [-0.39, 0.29) is 18.0 Å². The number of carbonyl (C=O) groups excluding carboxylic acids is 1. The summed E-state index contributed by atoms with van der Waals surface area (Å²) in [6.45, 7) is 5.94. The van der Waals surface area contributed by atoms with Crippen LogP contribution in [0.25, 0.3) is 0 Å². The first-order chi connectivity index (χ1) is 8.34. The lowest BCUT2D eigenvalue weighted by atomic mass is 9.88. The van der Waals surface area contributed by atoms with E-state index in [1.165, 1.54) is 12.8 Å². The number of nitrogens with zero attached hydrogens (tertiary/aromatic N) is 2. The Morgan fingerprint density at radius 3 is 1.83 bits per heavy atom. The monoisotopic (exact) mass is 255 g/mol. The average molecular weight is 255 g/mol. The Hall–Kier alpha value is -0.610. The summed E-state index contributed by atoms with van der Waals surface area (Å²) in [6.07, 6.45) is 4.54. The van der Waals surface area contributed by atoms with E-state index in [2.05, 4.69) is 32.8 Å². The highest BCUT2D eigenvalue weighted by molar-refractivity contribution is 5.81. The van der Waals surface area contributed by atoms with Crippen LogP contribution in [0.15, 0.2) is 0 Å². The summed E-state index contributed by atoms with van der Waals surface area (Å²) < 4.78 is 0. The molecule has 1 aliphatic rings. The van der Waals surface area contributed by atoms with Gasteiger partial charge in [0.1, 0.15) is 0 Å². The van der Waals surface area contributed by atoms with E-state index in [4.69, 9.17) is 5.73 Å². The minimum absolute atomic E-state index is 0.0957. The summed E-state index contributed by atoms with van der Waals surface area (Å²) in [5.41, 5.74) is 5.76. The van der Waals surface area contributed by atoms with Crippen LogP contribution in [0.3, 0.4) is 0 Å². The fourth-order valence-corrected chi connectivity index (χ4v) is 2.94. The summed E-state index contributed by atoms with van der Waals surface area (Å²) in [6, 6.07) is 0.892. The molecule has 0 spiro atoms. The van der Waals surface area contributed by atoms with Gasteiger partial charge in [-0.1, -0.05) is 0 Å². The molecule has 1 saturated carbocycles. The smallest absolute Gasteiger partial charge is 0.239 e. The molecule has 0 aromatic heterocycles. The van der Waals surface area contributed by atoms with Crippen molar-refractivity contribution in [1.29, 1.82) is 0 Å². The van der Waals surface area contributed by atoms with Gasteiger partial charge in [0.2, 0.25) is 5.91 Å². The summed E-state index contributed by atoms with van der Waals surface area (Å²) in [4.78, 5) is 16.5. The molecule has 1 aliphatic carbocycles. The van der Waals surface area contributed by atoms with Crippen LogP contribution in [0.2, 0.25) is 0 Å². The molecule has 0 bridgehead atoms. The first-order valence-corrected chi connectivity index (χ1v) is 7.08. The van der Waals surface area contributed by atoms with Crippen molar-refractivity contribution in [2.24, 2.45) is 5.73 Å². The van der Waals surface area contributed by atoms with Crippen molar-refractivity contribution in [3.05, 3.63) is 0 Å². The van der Waals surface area contributed by atoms with E-state index in [1.807, 2.05) is 4.90 Å². The van der Waals surface area contributed by atoms with Crippen LogP contribution in [0.5, 0.6) is 0 Å². The lowest BCUT2D eigenvalue weighted by Crippen LogP contribution is -2.52. The second-order valence-corrected chi connectivity index (χ2v) is 6.05. The molecular weight excluding hydrogens is 226 g/mol. The molecule has 4 heteroatoms. The summed E-state index contributed by atoms with van der Waals surface area (Å²) >= 11 is 0. The van der Waals surface area contributed by atoms with Gasteiger partial charge >= 0.3 is 0 Å². The van der Waals surface area contributed by atoms with Crippen molar-refractivity contribution < 1.29 is 4.79 Å². The zero-order chi connectivity index (χ0) is 13.9. The van der Waals surface area contributed by atoms with Crippen molar-refractivity contribution in [3.8, 4) is 0 Å². The van der Waals surface area contributed by atoms with Gasteiger partial charge in [0.25, 0.3) is 0 Å². The van der Waals surface area contributed by atoms with Crippen LogP contribution in [0.1, 0.15) is 46.5 Å². The van der Waals surface area contributed by atoms with E-state index >= 15 is 0 Å². The van der Waals surface area contributed by atoms with Gasteiger partial charge in [0.05, 0.1) is 6.04 Å². The quantitative estimate of drug-likeness (QED) is 0.827. The third-order valence-corrected chi connectivity index (χ3v) is 3.99.